The van der Waals surface area contributed by atoms with E-state index in [1.165, 1.54) is 22.7 Å². The predicted octanol–water partition coefficient (Wildman–Crippen LogP) is 5.10. The molecule has 6 heteroatoms. The van der Waals surface area contributed by atoms with Gasteiger partial charge in [0.05, 0.1) is 11.3 Å². The topological polar surface area (TPSA) is 20.3 Å². The van der Waals surface area contributed by atoms with Crippen molar-refractivity contribution in [2.24, 2.45) is 0 Å². The summed E-state index contributed by atoms with van der Waals surface area (Å²) in [5, 5.41) is -0.305. The van der Waals surface area contributed by atoms with E-state index in [-0.39, 0.29) is 22.7 Å². The number of carbonyl (C=O) groups is 1. The van der Waals surface area contributed by atoms with Crippen LogP contribution in [0.4, 0.5) is 18.9 Å². The van der Waals surface area contributed by atoms with Crippen LogP contribution < -0.4 is 4.90 Å². The van der Waals surface area contributed by atoms with Crippen molar-refractivity contribution < 1.29 is 18.0 Å². The van der Waals surface area contributed by atoms with E-state index in [0.717, 1.165) is 28.8 Å². The van der Waals surface area contributed by atoms with E-state index in [4.69, 9.17) is 0 Å². The van der Waals surface area contributed by atoms with E-state index in [1.807, 2.05) is 32.0 Å². The Morgan fingerprint density at radius 3 is 2.50 bits per heavy atom. The van der Waals surface area contributed by atoms with Crippen molar-refractivity contribution >= 4 is 23.4 Å². The van der Waals surface area contributed by atoms with E-state index in [1.54, 1.807) is 6.07 Å². The number of benzene rings is 2. The number of alkyl halides is 3. The minimum atomic E-state index is -4.43. The Balaban J connectivity index is 2.01. The third kappa shape index (κ3) is 3.15. The van der Waals surface area contributed by atoms with E-state index in [9.17, 15) is 18.0 Å². The minimum absolute atomic E-state index is 0.178. The van der Waals surface area contributed by atoms with Gasteiger partial charge in [0.15, 0.2) is 0 Å². The van der Waals surface area contributed by atoms with Crippen LogP contribution in [0.5, 0.6) is 0 Å². The van der Waals surface area contributed by atoms with Crippen LogP contribution in [-0.4, -0.2) is 11.7 Å². The number of hydrogen-bond acceptors (Lipinski definition) is 2. The molecule has 0 N–H and O–H groups in total. The lowest BCUT2D eigenvalue weighted by Gasteiger charge is -2.25. The number of hydrogen-bond donors (Lipinski definition) is 0. The van der Waals surface area contributed by atoms with Gasteiger partial charge in [0.25, 0.3) is 0 Å². The normalized spacial score (nSPS) is 18.3. The van der Waals surface area contributed by atoms with Crippen LogP contribution in [0, 0.1) is 13.8 Å². The fourth-order valence-corrected chi connectivity index (χ4v) is 3.87. The lowest BCUT2D eigenvalue weighted by Crippen LogP contribution is -2.28. The number of thioether (sulfide) groups is 1. The number of amides is 1. The summed E-state index contributed by atoms with van der Waals surface area (Å²) in [6.45, 7) is 3.98. The second kappa shape index (κ2) is 6.16. The van der Waals surface area contributed by atoms with Crippen molar-refractivity contribution in [3.05, 3.63) is 64.7 Å². The first-order valence-corrected chi connectivity index (χ1v) is 8.50. The second-order valence-corrected chi connectivity index (χ2v) is 6.89. The largest absolute Gasteiger partial charge is 0.416 e. The summed E-state index contributed by atoms with van der Waals surface area (Å²) in [6.07, 6.45) is -4.43. The molecule has 2 aromatic carbocycles. The average Bonchev–Trinajstić information content (AvgIpc) is 2.91. The monoisotopic (exact) mass is 351 g/mol. The van der Waals surface area contributed by atoms with Gasteiger partial charge >= 0.3 is 6.18 Å². The van der Waals surface area contributed by atoms with E-state index in [0.29, 0.717) is 0 Å². The quantitative estimate of drug-likeness (QED) is 0.750. The Hall–Kier alpha value is -1.95. The number of halogens is 3. The second-order valence-electron chi connectivity index (χ2n) is 5.82. The zero-order valence-electron chi connectivity index (χ0n) is 13.2. The van der Waals surface area contributed by atoms with Crippen LogP contribution in [0.25, 0.3) is 0 Å². The van der Waals surface area contributed by atoms with Gasteiger partial charge < -0.3 is 0 Å². The van der Waals surface area contributed by atoms with Crippen LogP contribution in [0.2, 0.25) is 0 Å². The molecule has 0 aliphatic carbocycles. The highest BCUT2D eigenvalue weighted by molar-refractivity contribution is 8.00. The average molecular weight is 351 g/mol. The van der Waals surface area contributed by atoms with Crippen molar-refractivity contribution in [3.8, 4) is 0 Å². The lowest BCUT2D eigenvalue weighted by atomic mass is 10.1. The smallest absolute Gasteiger partial charge is 0.295 e. The Morgan fingerprint density at radius 1 is 1.08 bits per heavy atom. The van der Waals surface area contributed by atoms with Crippen molar-refractivity contribution in [2.75, 3.05) is 10.7 Å². The fraction of sp³-hybridized carbons (Fsp3) is 0.278. The molecular formula is C18H16F3NOS. The summed E-state index contributed by atoms with van der Waals surface area (Å²) in [7, 11) is 0. The van der Waals surface area contributed by atoms with Gasteiger partial charge in [-0.3, -0.25) is 9.69 Å². The number of carbonyl (C=O) groups excluding carboxylic acids is 1. The van der Waals surface area contributed by atoms with Crippen molar-refractivity contribution in [3.63, 3.8) is 0 Å². The summed E-state index contributed by atoms with van der Waals surface area (Å²) in [4.78, 5) is 13.8. The molecule has 2 aromatic rings. The minimum Gasteiger partial charge on any atom is -0.295 e. The molecule has 0 aromatic heterocycles. The van der Waals surface area contributed by atoms with Gasteiger partial charge in [0, 0.05) is 5.69 Å². The fourth-order valence-electron chi connectivity index (χ4n) is 2.70. The molecule has 1 aliphatic heterocycles. The number of aryl methyl sites for hydroxylation is 2. The van der Waals surface area contributed by atoms with Gasteiger partial charge in [0.2, 0.25) is 5.91 Å². The Bertz CT molecular complexity index is 788. The Labute approximate surface area is 142 Å². The zero-order valence-corrected chi connectivity index (χ0v) is 14.0. The molecule has 1 atom stereocenters. The van der Waals surface area contributed by atoms with Gasteiger partial charge in [-0.15, -0.1) is 11.8 Å². The van der Waals surface area contributed by atoms with Crippen LogP contribution in [0.3, 0.4) is 0 Å². The zero-order chi connectivity index (χ0) is 17.5. The number of nitrogens with zero attached hydrogens (tertiary/aromatic N) is 1. The van der Waals surface area contributed by atoms with Gasteiger partial charge in [-0.2, -0.15) is 13.2 Å². The molecule has 2 nitrogen and oxygen atoms in total. The molecule has 0 spiro atoms. The molecular weight excluding hydrogens is 335 g/mol. The Morgan fingerprint density at radius 2 is 1.83 bits per heavy atom. The molecule has 1 fully saturated rings. The van der Waals surface area contributed by atoms with Gasteiger partial charge in [-0.25, -0.2) is 0 Å². The van der Waals surface area contributed by atoms with Gasteiger partial charge in [-0.1, -0.05) is 24.3 Å². The highest BCUT2D eigenvalue weighted by Crippen LogP contribution is 2.43. The van der Waals surface area contributed by atoms with E-state index < -0.39 is 11.7 Å². The maximum Gasteiger partial charge on any atom is 0.416 e. The van der Waals surface area contributed by atoms with Gasteiger partial charge in [-0.05, 0) is 48.7 Å². The predicted molar refractivity (Wildman–Crippen MR) is 90.0 cm³/mol. The summed E-state index contributed by atoms with van der Waals surface area (Å²) in [6, 6.07) is 10.8. The van der Waals surface area contributed by atoms with Crippen LogP contribution >= 0.6 is 11.8 Å². The summed E-state index contributed by atoms with van der Waals surface area (Å²) >= 11 is 1.43. The molecule has 24 heavy (non-hydrogen) atoms. The molecule has 0 radical (unpaired) electrons. The third-order valence-electron chi connectivity index (χ3n) is 4.14. The van der Waals surface area contributed by atoms with E-state index in [2.05, 4.69) is 0 Å². The number of anilines is 1. The maximum atomic E-state index is 13.0. The first-order valence-electron chi connectivity index (χ1n) is 7.45. The molecule has 1 aliphatic rings. The molecule has 1 saturated heterocycles. The van der Waals surface area contributed by atoms with Crippen LogP contribution in [0.1, 0.15) is 27.6 Å². The molecule has 0 bridgehead atoms. The first kappa shape index (κ1) is 16.9. The summed E-state index contributed by atoms with van der Waals surface area (Å²) in [5.74, 6) is 0.0796. The van der Waals surface area contributed by atoms with Gasteiger partial charge in [0.1, 0.15) is 5.37 Å². The third-order valence-corrected chi connectivity index (χ3v) is 5.35. The molecule has 1 heterocycles. The van der Waals surface area contributed by atoms with Crippen LogP contribution in [-0.2, 0) is 11.0 Å². The van der Waals surface area contributed by atoms with Crippen LogP contribution in [0.15, 0.2) is 42.5 Å². The molecule has 3 rings (SSSR count). The molecule has 1 unspecified atom stereocenters. The number of rotatable bonds is 2. The highest BCUT2D eigenvalue weighted by Gasteiger charge is 2.36. The SMILES string of the molecule is Cc1ccc(C2SCC(=O)N2c2cccc(C(F)(F)F)c2)cc1C. The maximum absolute atomic E-state index is 13.0. The van der Waals surface area contributed by atoms with Crippen molar-refractivity contribution in [1.29, 1.82) is 0 Å². The summed E-state index contributed by atoms with van der Waals surface area (Å²) < 4.78 is 38.9. The Kier molecular flexibility index (Phi) is 4.34. The summed E-state index contributed by atoms with van der Waals surface area (Å²) in [5.41, 5.74) is 2.69. The highest BCUT2D eigenvalue weighted by atomic mass is 32.2. The molecule has 0 saturated carbocycles. The van der Waals surface area contributed by atoms with E-state index >= 15 is 0 Å². The van der Waals surface area contributed by atoms with Crippen molar-refractivity contribution in [1.82, 2.24) is 0 Å². The lowest BCUT2D eigenvalue weighted by molar-refractivity contribution is -0.137. The molecule has 1 amide bonds. The molecule has 126 valence electrons. The first-order chi connectivity index (χ1) is 11.3. The standard InChI is InChI=1S/C18H16F3NOS/c1-11-6-7-13(8-12(11)2)17-22(16(23)10-24-17)15-5-3-4-14(9-15)18(19,20)21/h3-9,17H,10H2,1-2H3. The van der Waals surface area contributed by atoms with Crippen molar-refractivity contribution in [2.45, 2.75) is 25.4 Å².